The number of piperidine rings is 1. The van der Waals surface area contributed by atoms with Gasteiger partial charge in [0.25, 0.3) is 0 Å². The first-order valence-electron chi connectivity index (χ1n) is 10.6. The fourth-order valence-electron chi connectivity index (χ4n) is 4.65. The van der Waals surface area contributed by atoms with Gasteiger partial charge in [-0.05, 0) is 11.5 Å². The molecule has 9 nitrogen and oxygen atoms in total. The van der Waals surface area contributed by atoms with Gasteiger partial charge in [0.15, 0.2) is 0 Å². The Morgan fingerprint density at radius 3 is 2.65 bits per heavy atom. The molecule has 0 spiro atoms. The summed E-state index contributed by atoms with van der Waals surface area (Å²) in [6.45, 7) is 2.53. The van der Waals surface area contributed by atoms with Crippen LogP contribution >= 0.6 is 0 Å². The predicted molar refractivity (Wildman–Crippen MR) is 114 cm³/mol. The van der Waals surface area contributed by atoms with Gasteiger partial charge in [-0.25, -0.2) is 0 Å². The van der Waals surface area contributed by atoms with Gasteiger partial charge in [-0.3, -0.25) is 24.6 Å². The minimum Gasteiger partial charge on any atom is -0.379 e. The minimum atomic E-state index is -0.768. The van der Waals surface area contributed by atoms with E-state index in [0.717, 1.165) is 10.8 Å². The van der Waals surface area contributed by atoms with Gasteiger partial charge in [-0.1, -0.05) is 36.4 Å². The number of anilines is 1. The summed E-state index contributed by atoms with van der Waals surface area (Å²) in [5.41, 5.74) is 0.668. The van der Waals surface area contributed by atoms with Crippen molar-refractivity contribution in [1.82, 2.24) is 20.9 Å². The molecule has 4 atom stereocenters. The summed E-state index contributed by atoms with van der Waals surface area (Å²) in [6.07, 6.45) is -1.04. The summed E-state index contributed by atoms with van der Waals surface area (Å²) >= 11 is 0. The van der Waals surface area contributed by atoms with Crippen molar-refractivity contribution >= 4 is 34.2 Å². The lowest BCUT2D eigenvalue weighted by Crippen LogP contribution is -2.74. The average Bonchev–Trinajstić information content (AvgIpc) is 2.79. The first-order chi connectivity index (χ1) is 15.1. The van der Waals surface area contributed by atoms with E-state index in [4.69, 9.17) is 4.74 Å². The molecule has 2 aromatic carbocycles. The number of carbonyl (C=O) groups excluding carboxylic acids is 3. The Bertz CT molecular complexity index is 1020. The lowest BCUT2D eigenvalue weighted by molar-refractivity contribution is -0.148. The molecule has 3 amide bonds. The molecule has 0 aromatic heterocycles. The van der Waals surface area contributed by atoms with Gasteiger partial charge in [0.05, 0.1) is 31.2 Å². The van der Waals surface area contributed by atoms with Gasteiger partial charge in [-0.2, -0.15) is 0 Å². The van der Waals surface area contributed by atoms with Crippen LogP contribution in [0.3, 0.4) is 0 Å². The van der Waals surface area contributed by atoms with Gasteiger partial charge in [-0.15, -0.1) is 0 Å². The van der Waals surface area contributed by atoms with Gasteiger partial charge < -0.3 is 20.7 Å². The van der Waals surface area contributed by atoms with E-state index in [1.165, 1.54) is 0 Å². The molecule has 0 radical (unpaired) electrons. The van der Waals surface area contributed by atoms with E-state index in [9.17, 15) is 14.4 Å². The molecule has 3 saturated heterocycles. The zero-order valence-corrected chi connectivity index (χ0v) is 17.0. The number of fused-ring (bicyclic) bond motifs is 2. The second-order valence-electron chi connectivity index (χ2n) is 8.12. The number of hydrogen-bond donors (Lipinski definition) is 4. The van der Waals surface area contributed by atoms with Crippen LogP contribution in [0.1, 0.15) is 6.42 Å². The van der Waals surface area contributed by atoms with E-state index >= 15 is 0 Å². The Morgan fingerprint density at radius 2 is 1.81 bits per heavy atom. The summed E-state index contributed by atoms with van der Waals surface area (Å²) in [5, 5.41) is 14.0. The van der Waals surface area contributed by atoms with Crippen molar-refractivity contribution in [1.29, 1.82) is 0 Å². The van der Waals surface area contributed by atoms with Crippen LogP contribution < -0.4 is 21.3 Å². The minimum absolute atomic E-state index is 0.0327. The molecule has 0 saturated carbocycles. The topological polar surface area (TPSA) is 112 Å². The largest absolute Gasteiger partial charge is 0.379 e. The fourth-order valence-corrected chi connectivity index (χ4v) is 4.65. The number of nitrogens with zero attached hydrogens (tertiary/aromatic N) is 1. The standard InChI is InChI=1S/C22H25N5O4/c28-17-12-15(20(29)23-16-7-3-5-13-4-1-2-6-14(13)16)18-19(24-17)25-22(26-21(18)30)27-8-10-31-11-9-27/h1-7,15,18-19,22,25H,8-12H2,(H,23,29)(H,24,28)(H,26,30). The maximum Gasteiger partial charge on any atom is 0.229 e. The molecule has 0 aliphatic carbocycles. The molecule has 4 unspecified atom stereocenters. The van der Waals surface area contributed by atoms with Crippen molar-refractivity contribution < 1.29 is 19.1 Å². The van der Waals surface area contributed by atoms with Crippen LogP contribution in [0, 0.1) is 11.8 Å². The van der Waals surface area contributed by atoms with Crippen LogP contribution in [0.25, 0.3) is 10.8 Å². The fraction of sp³-hybridized carbons (Fsp3) is 0.409. The van der Waals surface area contributed by atoms with Gasteiger partial charge >= 0.3 is 0 Å². The highest BCUT2D eigenvalue weighted by Gasteiger charge is 2.49. The number of carbonyl (C=O) groups is 3. The quantitative estimate of drug-likeness (QED) is 0.561. The van der Waals surface area contributed by atoms with Crippen LogP contribution in [0.5, 0.6) is 0 Å². The maximum atomic E-state index is 13.2. The molecule has 162 valence electrons. The third kappa shape index (κ3) is 3.87. The highest BCUT2D eigenvalue weighted by molar-refractivity contribution is 6.05. The molecule has 0 bridgehead atoms. The molecule has 4 N–H and O–H groups in total. The molecule has 31 heavy (non-hydrogen) atoms. The monoisotopic (exact) mass is 423 g/mol. The zero-order chi connectivity index (χ0) is 21.4. The maximum absolute atomic E-state index is 13.2. The summed E-state index contributed by atoms with van der Waals surface area (Å²) in [6, 6.07) is 13.4. The van der Waals surface area contributed by atoms with Crippen molar-refractivity contribution in [2.45, 2.75) is 18.9 Å². The summed E-state index contributed by atoms with van der Waals surface area (Å²) in [5.74, 6) is -2.27. The Balaban J connectivity index is 1.36. The van der Waals surface area contributed by atoms with Crippen molar-refractivity contribution in [2.24, 2.45) is 11.8 Å². The molecule has 3 fully saturated rings. The first-order valence-corrected chi connectivity index (χ1v) is 10.6. The second-order valence-corrected chi connectivity index (χ2v) is 8.12. The van der Waals surface area contributed by atoms with Crippen molar-refractivity contribution in [3.05, 3.63) is 42.5 Å². The number of rotatable bonds is 3. The number of benzene rings is 2. The number of hydrogen-bond acceptors (Lipinski definition) is 6. The predicted octanol–water partition coefficient (Wildman–Crippen LogP) is 0.192. The first kappa shape index (κ1) is 19.9. The molecule has 9 heteroatoms. The molecule has 3 heterocycles. The van der Waals surface area contributed by atoms with Crippen molar-refractivity contribution in [2.75, 3.05) is 31.6 Å². The number of morpholine rings is 1. The van der Waals surface area contributed by atoms with Crippen LogP contribution in [-0.2, 0) is 19.1 Å². The molecule has 2 aromatic rings. The number of ether oxygens (including phenoxy) is 1. The van der Waals surface area contributed by atoms with E-state index in [0.29, 0.717) is 32.0 Å². The Labute approximate surface area is 179 Å². The van der Waals surface area contributed by atoms with Crippen LogP contribution in [-0.4, -0.2) is 61.4 Å². The molecule has 3 aliphatic heterocycles. The Hall–Kier alpha value is -3.01. The van der Waals surface area contributed by atoms with E-state index < -0.39 is 24.3 Å². The van der Waals surface area contributed by atoms with Gasteiger partial charge in [0, 0.05) is 30.6 Å². The molecule has 5 rings (SSSR count). The third-order valence-corrected chi connectivity index (χ3v) is 6.23. The normalized spacial score (nSPS) is 29.0. The highest BCUT2D eigenvalue weighted by atomic mass is 16.5. The molecular formula is C22H25N5O4. The highest BCUT2D eigenvalue weighted by Crippen LogP contribution is 2.30. The van der Waals surface area contributed by atoms with E-state index in [-0.39, 0.29) is 24.1 Å². The third-order valence-electron chi connectivity index (χ3n) is 6.23. The Morgan fingerprint density at radius 1 is 1.03 bits per heavy atom. The van der Waals surface area contributed by atoms with Crippen molar-refractivity contribution in [3.63, 3.8) is 0 Å². The molecule has 3 aliphatic rings. The van der Waals surface area contributed by atoms with Crippen LogP contribution in [0.4, 0.5) is 5.69 Å². The zero-order valence-electron chi connectivity index (χ0n) is 17.0. The average molecular weight is 423 g/mol. The van der Waals surface area contributed by atoms with Crippen LogP contribution in [0.15, 0.2) is 42.5 Å². The summed E-state index contributed by atoms with van der Waals surface area (Å²) in [7, 11) is 0. The summed E-state index contributed by atoms with van der Waals surface area (Å²) < 4.78 is 5.37. The second kappa shape index (κ2) is 8.26. The van der Waals surface area contributed by atoms with Crippen LogP contribution in [0.2, 0.25) is 0 Å². The number of amides is 3. The SMILES string of the molecule is O=C1CC(C(=O)Nc2cccc3ccccc23)C2C(=O)NC(N3CCOCC3)NC2N1. The van der Waals surface area contributed by atoms with E-state index in [1.54, 1.807) is 0 Å². The summed E-state index contributed by atoms with van der Waals surface area (Å²) in [4.78, 5) is 40.7. The van der Waals surface area contributed by atoms with Gasteiger partial charge in [0.2, 0.25) is 17.7 Å². The molecular weight excluding hydrogens is 398 g/mol. The van der Waals surface area contributed by atoms with E-state index in [2.05, 4.69) is 26.2 Å². The van der Waals surface area contributed by atoms with Crippen molar-refractivity contribution in [3.8, 4) is 0 Å². The number of nitrogens with one attached hydrogen (secondary N) is 4. The Kier molecular flexibility index (Phi) is 5.31. The van der Waals surface area contributed by atoms with E-state index in [1.807, 2.05) is 42.5 Å². The lowest BCUT2D eigenvalue weighted by Gasteiger charge is -2.46. The smallest absolute Gasteiger partial charge is 0.229 e. The lowest BCUT2D eigenvalue weighted by atomic mass is 9.81. The van der Waals surface area contributed by atoms with Gasteiger partial charge in [0.1, 0.15) is 6.29 Å².